The lowest BCUT2D eigenvalue weighted by molar-refractivity contribution is 0.0496. The molecule has 0 radical (unpaired) electrons. The average molecular weight is 309 g/mol. The molecule has 0 bridgehead atoms. The van der Waals surface area contributed by atoms with Crippen LogP contribution in [0.15, 0.2) is 48.5 Å². The maximum Gasteiger partial charge on any atom is 0.344 e. The van der Waals surface area contributed by atoms with Gasteiger partial charge in [-0.05, 0) is 42.8 Å². The minimum Gasteiger partial charge on any atom is -0.462 e. The summed E-state index contributed by atoms with van der Waals surface area (Å²) < 4.78 is 10.3. The van der Waals surface area contributed by atoms with Gasteiger partial charge in [-0.25, -0.2) is 9.59 Å². The van der Waals surface area contributed by atoms with Crippen molar-refractivity contribution in [3.05, 3.63) is 65.2 Å². The minimum atomic E-state index is -0.654. The summed E-state index contributed by atoms with van der Waals surface area (Å²) in [6, 6.07) is 14.4. The maximum absolute atomic E-state index is 12.3. The van der Waals surface area contributed by atoms with Crippen LogP contribution in [0.1, 0.15) is 39.6 Å². The number of hydrogen-bond acceptors (Lipinski definition) is 5. The molecule has 0 N–H and O–H groups in total. The lowest BCUT2D eigenvalue weighted by Gasteiger charge is -2.09. The fourth-order valence-corrected chi connectivity index (χ4v) is 1.87. The van der Waals surface area contributed by atoms with Crippen molar-refractivity contribution >= 4 is 11.9 Å². The summed E-state index contributed by atoms with van der Waals surface area (Å²) in [6.07, 6.45) is 0.698. The first kappa shape index (κ1) is 16.2. The Hall–Kier alpha value is -3.13. The Kier molecular flexibility index (Phi) is 5.48. The van der Waals surface area contributed by atoms with Crippen molar-refractivity contribution in [3.63, 3.8) is 0 Å². The number of rotatable bonds is 5. The van der Waals surface area contributed by atoms with Crippen LogP contribution >= 0.6 is 0 Å². The SMILES string of the molecule is CCCOC(=O)c1ccccc1C(=O)Oc1ccc(C#N)cc1. The molecule has 0 atom stereocenters. The van der Waals surface area contributed by atoms with Gasteiger partial charge in [0.15, 0.2) is 0 Å². The molecule has 0 spiro atoms. The molecule has 0 fully saturated rings. The van der Waals surface area contributed by atoms with Gasteiger partial charge in [0, 0.05) is 0 Å². The van der Waals surface area contributed by atoms with Crippen LogP contribution in [0.2, 0.25) is 0 Å². The largest absolute Gasteiger partial charge is 0.462 e. The van der Waals surface area contributed by atoms with Crippen LogP contribution in [-0.2, 0) is 4.74 Å². The normalized spacial score (nSPS) is 9.74. The highest BCUT2D eigenvalue weighted by Crippen LogP contribution is 2.17. The Labute approximate surface area is 134 Å². The molecule has 0 aliphatic heterocycles. The standard InChI is InChI=1S/C18H15NO4/c1-2-11-22-17(20)15-5-3-4-6-16(15)18(21)23-14-9-7-13(12-19)8-10-14/h3-10H,2,11H2,1H3. The van der Waals surface area contributed by atoms with Gasteiger partial charge in [-0.2, -0.15) is 5.26 Å². The van der Waals surface area contributed by atoms with Gasteiger partial charge in [0.05, 0.1) is 29.4 Å². The summed E-state index contributed by atoms with van der Waals surface area (Å²) in [5, 5.41) is 8.75. The molecule has 2 aromatic carbocycles. The molecule has 0 saturated heterocycles. The molecule has 2 rings (SSSR count). The molecule has 2 aromatic rings. The second kappa shape index (κ2) is 7.76. The van der Waals surface area contributed by atoms with E-state index in [0.29, 0.717) is 17.7 Å². The highest BCUT2D eigenvalue weighted by Gasteiger charge is 2.19. The van der Waals surface area contributed by atoms with Gasteiger partial charge in [0.1, 0.15) is 5.75 Å². The van der Waals surface area contributed by atoms with Crippen molar-refractivity contribution in [1.82, 2.24) is 0 Å². The van der Waals surface area contributed by atoms with E-state index in [9.17, 15) is 9.59 Å². The van der Waals surface area contributed by atoms with E-state index >= 15 is 0 Å². The van der Waals surface area contributed by atoms with E-state index in [2.05, 4.69) is 0 Å². The Morgan fingerprint density at radius 2 is 1.61 bits per heavy atom. The topological polar surface area (TPSA) is 76.4 Å². The summed E-state index contributed by atoms with van der Waals surface area (Å²) in [7, 11) is 0. The molecule has 5 nitrogen and oxygen atoms in total. The van der Waals surface area contributed by atoms with Crippen LogP contribution in [0.3, 0.4) is 0 Å². The first-order valence-electron chi connectivity index (χ1n) is 7.14. The second-order valence-corrected chi connectivity index (χ2v) is 4.71. The monoisotopic (exact) mass is 309 g/mol. The fourth-order valence-electron chi connectivity index (χ4n) is 1.87. The van der Waals surface area contributed by atoms with Gasteiger partial charge < -0.3 is 9.47 Å². The number of ether oxygens (including phenoxy) is 2. The highest BCUT2D eigenvalue weighted by molar-refractivity contribution is 6.03. The molecule has 23 heavy (non-hydrogen) atoms. The van der Waals surface area contributed by atoms with Crippen molar-refractivity contribution in [2.75, 3.05) is 6.61 Å². The van der Waals surface area contributed by atoms with Crippen molar-refractivity contribution in [2.45, 2.75) is 13.3 Å². The first-order chi connectivity index (χ1) is 11.2. The summed E-state index contributed by atoms with van der Waals surface area (Å²) >= 11 is 0. The predicted octanol–water partition coefficient (Wildman–Crippen LogP) is 3.34. The number of carbonyl (C=O) groups excluding carboxylic acids is 2. The third-order valence-corrected chi connectivity index (χ3v) is 3.00. The van der Waals surface area contributed by atoms with Gasteiger partial charge >= 0.3 is 11.9 Å². The van der Waals surface area contributed by atoms with Gasteiger partial charge in [-0.1, -0.05) is 19.1 Å². The van der Waals surface area contributed by atoms with E-state index in [1.165, 1.54) is 24.3 Å². The van der Waals surface area contributed by atoms with Gasteiger partial charge in [-0.3, -0.25) is 0 Å². The number of nitriles is 1. The van der Waals surface area contributed by atoms with E-state index < -0.39 is 11.9 Å². The first-order valence-corrected chi connectivity index (χ1v) is 7.14. The third kappa shape index (κ3) is 4.17. The van der Waals surface area contributed by atoms with E-state index in [0.717, 1.165) is 0 Å². The Bertz CT molecular complexity index is 744. The van der Waals surface area contributed by atoms with Crippen LogP contribution in [0.4, 0.5) is 0 Å². The number of hydrogen-bond donors (Lipinski definition) is 0. The number of esters is 2. The molecule has 5 heteroatoms. The quantitative estimate of drug-likeness (QED) is 0.625. The molecule has 0 heterocycles. The average Bonchev–Trinajstić information content (AvgIpc) is 2.60. The van der Waals surface area contributed by atoms with Crippen LogP contribution in [-0.4, -0.2) is 18.5 Å². The number of nitrogens with zero attached hydrogens (tertiary/aromatic N) is 1. The van der Waals surface area contributed by atoms with Crippen LogP contribution < -0.4 is 4.74 Å². The zero-order valence-electron chi connectivity index (χ0n) is 12.6. The molecule has 116 valence electrons. The van der Waals surface area contributed by atoms with Crippen molar-refractivity contribution < 1.29 is 19.1 Å². The van der Waals surface area contributed by atoms with Gasteiger partial charge in [0.2, 0.25) is 0 Å². The van der Waals surface area contributed by atoms with E-state index in [1.54, 1.807) is 24.3 Å². The summed E-state index contributed by atoms with van der Waals surface area (Å²) in [5.74, 6) is -0.913. The van der Waals surface area contributed by atoms with Crippen LogP contribution in [0, 0.1) is 11.3 Å². The molecule has 0 saturated carbocycles. The maximum atomic E-state index is 12.3. The number of benzene rings is 2. The highest BCUT2D eigenvalue weighted by atomic mass is 16.5. The fraction of sp³-hybridized carbons (Fsp3) is 0.167. The van der Waals surface area contributed by atoms with Crippen molar-refractivity contribution in [3.8, 4) is 11.8 Å². The number of carbonyl (C=O) groups is 2. The predicted molar refractivity (Wildman–Crippen MR) is 83.1 cm³/mol. The van der Waals surface area contributed by atoms with Crippen LogP contribution in [0.25, 0.3) is 0 Å². The van der Waals surface area contributed by atoms with Crippen molar-refractivity contribution in [2.24, 2.45) is 0 Å². The lowest BCUT2D eigenvalue weighted by Crippen LogP contribution is -2.16. The Morgan fingerprint density at radius 1 is 1.00 bits per heavy atom. The zero-order valence-corrected chi connectivity index (χ0v) is 12.6. The van der Waals surface area contributed by atoms with Crippen LogP contribution in [0.5, 0.6) is 5.75 Å². The van der Waals surface area contributed by atoms with E-state index in [4.69, 9.17) is 14.7 Å². The summed E-state index contributed by atoms with van der Waals surface area (Å²) in [4.78, 5) is 24.3. The molecule has 0 aliphatic carbocycles. The van der Waals surface area contributed by atoms with Crippen molar-refractivity contribution in [1.29, 1.82) is 5.26 Å². The van der Waals surface area contributed by atoms with E-state index in [-0.39, 0.29) is 17.7 Å². The Balaban J connectivity index is 2.18. The molecule has 0 aliphatic rings. The zero-order chi connectivity index (χ0) is 16.7. The van der Waals surface area contributed by atoms with Gasteiger partial charge in [-0.15, -0.1) is 0 Å². The lowest BCUT2D eigenvalue weighted by atomic mass is 10.1. The minimum absolute atomic E-state index is 0.137. The molecular formula is C18H15NO4. The van der Waals surface area contributed by atoms with E-state index in [1.807, 2.05) is 13.0 Å². The smallest absolute Gasteiger partial charge is 0.344 e. The molecular weight excluding hydrogens is 294 g/mol. The summed E-state index contributed by atoms with van der Waals surface area (Å²) in [5.41, 5.74) is 0.769. The third-order valence-electron chi connectivity index (χ3n) is 3.00. The van der Waals surface area contributed by atoms with Gasteiger partial charge in [0.25, 0.3) is 0 Å². The second-order valence-electron chi connectivity index (χ2n) is 4.71. The molecule has 0 unspecified atom stereocenters. The summed E-state index contributed by atoms with van der Waals surface area (Å²) in [6.45, 7) is 2.18. The Morgan fingerprint density at radius 3 is 2.17 bits per heavy atom. The molecule has 0 aromatic heterocycles. The molecule has 0 amide bonds.